The summed E-state index contributed by atoms with van der Waals surface area (Å²) in [6, 6.07) is 2.04. The van der Waals surface area contributed by atoms with E-state index < -0.39 is 0 Å². The number of hydrogen-bond donors (Lipinski definition) is 0. The first-order chi connectivity index (χ1) is 13.4. The highest BCUT2D eigenvalue weighted by Gasteiger charge is 2.32. The summed E-state index contributed by atoms with van der Waals surface area (Å²) in [5, 5.41) is 9.53. The van der Waals surface area contributed by atoms with Crippen molar-refractivity contribution in [2.24, 2.45) is 7.05 Å². The summed E-state index contributed by atoms with van der Waals surface area (Å²) in [7, 11) is 1.71. The Labute approximate surface area is 174 Å². The molecule has 6 nitrogen and oxygen atoms in total. The molecule has 0 N–H and O–H groups in total. The standard InChI is InChI=1S/C20H24N4O2S2/c1-4-24-19(26)16(28-20(24)27)11-14-13(2)15(12-21)18(25)22(3)17(14)23-9-7-5-6-8-10-23/h11H,4-10H2,1-3H3. The Morgan fingerprint density at radius 1 is 1.21 bits per heavy atom. The molecule has 2 fully saturated rings. The van der Waals surface area contributed by atoms with Gasteiger partial charge in [0, 0.05) is 32.2 Å². The number of nitrogens with zero attached hydrogens (tertiary/aromatic N) is 4. The van der Waals surface area contributed by atoms with Gasteiger partial charge in [-0.2, -0.15) is 5.26 Å². The van der Waals surface area contributed by atoms with Gasteiger partial charge < -0.3 is 4.90 Å². The summed E-state index contributed by atoms with van der Waals surface area (Å²) in [5.74, 6) is 0.663. The number of likely N-dealkylation sites (N-methyl/N-ethyl adjacent to an activating group) is 1. The lowest BCUT2D eigenvalue weighted by Crippen LogP contribution is -2.34. The summed E-state index contributed by atoms with van der Waals surface area (Å²) in [5.41, 5.74) is 1.21. The molecule has 28 heavy (non-hydrogen) atoms. The summed E-state index contributed by atoms with van der Waals surface area (Å²) in [6.45, 7) is 5.91. The van der Waals surface area contributed by atoms with Crippen LogP contribution in [0, 0.1) is 18.3 Å². The number of carbonyl (C=O) groups excluding carboxylic acids is 1. The van der Waals surface area contributed by atoms with Crippen molar-refractivity contribution >= 4 is 46.1 Å². The number of thioether (sulfide) groups is 1. The van der Waals surface area contributed by atoms with E-state index in [1.807, 2.05) is 19.1 Å². The molecule has 0 unspecified atom stereocenters. The maximum Gasteiger partial charge on any atom is 0.270 e. The first-order valence-corrected chi connectivity index (χ1v) is 10.8. The first kappa shape index (κ1) is 20.6. The number of nitriles is 1. The molecule has 3 heterocycles. The molecule has 0 radical (unpaired) electrons. The van der Waals surface area contributed by atoms with Crippen LogP contribution in [0.2, 0.25) is 0 Å². The fourth-order valence-electron chi connectivity index (χ4n) is 3.78. The largest absolute Gasteiger partial charge is 0.357 e. The van der Waals surface area contributed by atoms with Crippen LogP contribution in [0.15, 0.2) is 9.70 Å². The Hall–Kier alpha value is -2.11. The third-order valence-corrected chi connectivity index (χ3v) is 6.72. The van der Waals surface area contributed by atoms with Gasteiger partial charge in [-0.05, 0) is 38.3 Å². The van der Waals surface area contributed by atoms with E-state index in [2.05, 4.69) is 4.90 Å². The van der Waals surface area contributed by atoms with Gasteiger partial charge in [0.1, 0.15) is 21.8 Å². The zero-order valence-electron chi connectivity index (χ0n) is 16.4. The van der Waals surface area contributed by atoms with E-state index in [1.165, 1.54) is 24.6 Å². The number of rotatable bonds is 3. The van der Waals surface area contributed by atoms with Gasteiger partial charge in [-0.15, -0.1) is 0 Å². The molecule has 148 valence electrons. The van der Waals surface area contributed by atoms with Crippen molar-refractivity contribution < 1.29 is 4.79 Å². The molecule has 1 aromatic rings. The molecule has 2 aliphatic heterocycles. The Balaban J connectivity index is 2.21. The summed E-state index contributed by atoms with van der Waals surface area (Å²) >= 11 is 6.60. The Bertz CT molecular complexity index is 950. The van der Waals surface area contributed by atoms with Crippen molar-refractivity contribution in [2.75, 3.05) is 24.5 Å². The second kappa shape index (κ2) is 8.50. The predicted molar refractivity (Wildman–Crippen MR) is 117 cm³/mol. The summed E-state index contributed by atoms with van der Waals surface area (Å²) in [4.78, 5) is 29.8. The Morgan fingerprint density at radius 2 is 1.86 bits per heavy atom. The van der Waals surface area contributed by atoms with Gasteiger partial charge in [0.15, 0.2) is 0 Å². The van der Waals surface area contributed by atoms with E-state index in [4.69, 9.17) is 12.2 Å². The molecular formula is C20H24N4O2S2. The van der Waals surface area contributed by atoms with E-state index >= 15 is 0 Å². The molecule has 0 atom stereocenters. The van der Waals surface area contributed by atoms with Crippen molar-refractivity contribution in [3.8, 4) is 6.07 Å². The number of pyridine rings is 1. The molecule has 1 aromatic heterocycles. The van der Waals surface area contributed by atoms with Gasteiger partial charge in [-0.1, -0.05) is 36.8 Å². The quantitative estimate of drug-likeness (QED) is 0.557. The highest BCUT2D eigenvalue weighted by Crippen LogP contribution is 2.35. The van der Waals surface area contributed by atoms with E-state index in [9.17, 15) is 14.9 Å². The maximum absolute atomic E-state index is 12.8. The molecule has 2 saturated heterocycles. The second-order valence-corrected chi connectivity index (χ2v) is 8.72. The first-order valence-electron chi connectivity index (χ1n) is 9.54. The zero-order valence-corrected chi connectivity index (χ0v) is 18.1. The van der Waals surface area contributed by atoms with Gasteiger partial charge in [-0.25, -0.2) is 0 Å². The Morgan fingerprint density at radius 3 is 2.39 bits per heavy atom. The smallest absolute Gasteiger partial charge is 0.270 e. The van der Waals surface area contributed by atoms with Crippen molar-refractivity contribution in [3.05, 3.63) is 31.9 Å². The molecule has 0 aromatic carbocycles. The maximum atomic E-state index is 12.8. The third-order valence-electron chi connectivity index (χ3n) is 5.34. The lowest BCUT2D eigenvalue weighted by atomic mass is 10.0. The molecule has 2 aliphatic rings. The Kier molecular flexibility index (Phi) is 6.26. The van der Waals surface area contributed by atoms with Crippen LogP contribution in [-0.4, -0.2) is 39.3 Å². The van der Waals surface area contributed by atoms with Crippen LogP contribution in [0.3, 0.4) is 0 Å². The van der Waals surface area contributed by atoms with E-state index in [-0.39, 0.29) is 17.0 Å². The van der Waals surface area contributed by atoms with Crippen LogP contribution >= 0.6 is 24.0 Å². The van der Waals surface area contributed by atoms with Crippen LogP contribution in [0.25, 0.3) is 6.08 Å². The number of aromatic nitrogens is 1. The monoisotopic (exact) mass is 416 g/mol. The third kappa shape index (κ3) is 3.61. The molecule has 0 bridgehead atoms. The molecule has 8 heteroatoms. The van der Waals surface area contributed by atoms with E-state index in [0.717, 1.165) is 37.3 Å². The second-order valence-electron chi connectivity index (χ2n) is 7.04. The van der Waals surface area contributed by atoms with Gasteiger partial charge in [0.25, 0.3) is 11.5 Å². The van der Waals surface area contributed by atoms with E-state index in [0.29, 0.717) is 21.3 Å². The number of carbonyl (C=O) groups is 1. The molecule has 0 aliphatic carbocycles. The zero-order chi connectivity index (χ0) is 20.4. The lowest BCUT2D eigenvalue weighted by molar-refractivity contribution is -0.121. The van der Waals surface area contributed by atoms with Gasteiger partial charge >= 0.3 is 0 Å². The lowest BCUT2D eigenvalue weighted by Gasteiger charge is -2.28. The number of anilines is 1. The molecule has 1 amide bonds. The highest BCUT2D eigenvalue weighted by atomic mass is 32.2. The van der Waals surface area contributed by atoms with Crippen LogP contribution in [0.5, 0.6) is 0 Å². The average molecular weight is 417 g/mol. The molecule has 0 spiro atoms. The topological polar surface area (TPSA) is 69.3 Å². The van der Waals surface area contributed by atoms with Crippen LogP contribution in [-0.2, 0) is 11.8 Å². The predicted octanol–water partition coefficient (Wildman–Crippen LogP) is 3.17. The number of amides is 1. The summed E-state index contributed by atoms with van der Waals surface area (Å²) in [6.07, 6.45) is 6.27. The van der Waals surface area contributed by atoms with Crippen LogP contribution in [0.1, 0.15) is 49.3 Å². The van der Waals surface area contributed by atoms with Crippen molar-refractivity contribution in [1.82, 2.24) is 9.47 Å². The van der Waals surface area contributed by atoms with Crippen molar-refractivity contribution in [1.29, 1.82) is 5.26 Å². The van der Waals surface area contributed by atoms with Crippen LogP contribution < -0.4 is 10.5 Å². The highest BCUT2D eigenvalue weighted by molar-refractivity contribution is 8.26. The van der Waals surface area contributed by atoms with Gasteiger partial charge in [0.05, 0.1) is 4.91 Å². The minimum Gasteiger partial charge on any atom is -0.357 e. The number of thiocarbonyl (C=S) groups is 1. The fraction of sp³-hybridized carbons (Fsp3) is 0.500. The molecular weight excluding hydrogens is 392 g/mol. The SMILES string of the molecule is CCN1C(=O)C(=Cc2c(C)c(C#N)c(=O)n(C)c2N2CCCCCC2)SC1=S. The van der Waals surface area contributed by atoms with Crippen molar-refractivity contribution in [2.45, 2.75) is 39.5 Å². The fourth-order valence-corrected chi connectivity index (χ4v) is 5.15. The van der Waals surface area contributed by atoms with Gasteiger partial charge in [-0.3, -0.25) is 19.1 Å². The van der Waals surface area contributed by atoms with Gasteiger partial charge in [0.2, 0.25) is 0 Å². The average Bonchev–Trinajstić information content (AvgIpc) is 2.85. The minimum atomic E-state index is -0.294. The summed E-state index contributed by atoms with van der Waals surface area (Å²) < 4.78 is 2.10. The normalized spacial score (nSPS) is 19.3. The number of hydrogen-bond acceptors (Lipinski definition) is 6. The minimum absolute atomic E-state index is 0.119. The van der Waals surface area contributed by atoms with E-state index in [1.54, 1.807) is 23.4 Å². The molecule has 0 saturated carbocycles. The van der Waals surface area contributed by atoms with Crippen molar-refractivity contribution in [3.63, 3.8) is 0 Å². The van der Waals surface area contributed by atoms with Crippen LogP contribution in [0.4, 0.5) is 5.82 Å². The molecule has 3 rings (SSSR count).